The van der Waals surface area contributed by atoms with Gasteiger partial charge in [0.05, 0.1) is 0 Å². The summed E-state index contributed by atoms with van der Waals surface area (Å²) in [7, 11) is 0. The molecule has 2 aliphatic heterocycles. The van der Waals surface area contributed by atoms with Crippen LogP contribution in [0.5, 0.6) is 0 Å². The van der Waals surface area contributed by atoms with Crippen molar-refractivity contribution in [2.75, 3.05) is 13.2 Å². The van der Waals surface area contributed by atoms with Crippen LogP contribution in [-0.4, -0.2) is 30.9 Å². The van der Waals surface area contributed by atoms with Crippen molar-refractivity contribution in [3.63, 3.8) is 0 Å². The maximum atomic E-state index is 11.0. The van der Waals surface area contributed by atoms with E-state index >= 15 is 0 Å². The molecule has 72 valence electrons. The first-order valence-electron chi connectivity index (χ1n) is 4.22. The molecule has 2 rings (SSSR count). The summed E-state index contributed by atoms with van der Waals surface area (Å²) in [6.45, 7) is 0.779. The lowest BCUT2D eigenvalue weighted by atomic mass is 10.1. The summed E-state index contributed by atoms with van der Waals surface area (Å²) < 4.78 is 15.1. The maximum absolute atomic E-state index is 11.0. The van der Waals surface area contributed by atoms with Crippen molar-refractivity contribution in [2.24, 2.45) is 0 Å². The third kappa shape index (κ3) is 1.65. The Hall–Kier alpha value is -1.10. The van der Waals surface area contributed by atoms with E-state index in [4.69, 9.17) is 14.2 Å². The monoisotopic (exact) mass is 186 g/mol. The van der Waals surface area contributed by atoms with Gasteiger partial charge in [-0.2, -0.15) is 0 Å². The van der Waals surface area contributed by atoms with Crippen LogP contribution in [0.3, 0.4) is 0 Å². The molecular weight excluding hydrogens is 176 g/mol. The van der Waals surface area contributed by atoms with Crippen molar-refractivity contribution in [3.05, 3.63) is 0 Å². The second-order valence-electron chi connectivity index (χ2n) is 3.19. The minimum absolute atomic E-state index is 0.157. The highest BCUT2D eigenvalue weighted by Gasteiger charge is 2.44. The van der Waals surface area contributed by atoms with Gasteiger partial charge in [0.2, 0.25) is 0 Å². The van der Waals surface area contributed by atoms with Gasteiger partial charge in [0, 0.05) is 13.0 Å². The Morgan fingerprint density at radius 1 is 1.15 bits per heavy atom. The van der Waals surface area contributed by atoms with Crippen molar-refractivity contribution in [3.8, 4) is 0 Å². The molecule has 0 unspecified atom stereocenters. The molecule has 0 N–H and O–H groups in total. The van der Waals surface area contributed by atoms with Crippen molar-refractivity contribution < 1.29 is 23.8 Å². The van der Waals surface area contributed by atoms with Gasteiger partial charge in [0.25, 0.3) is 5.79 Å². The largest absolute Gasteiger partial charge is 0.419 e. The Bertz CT molecular complexity index is 223. The maximum Gasteiger partial charge on any atom is 0.320 e. The highest BCUT2D eigenvalue weighted by molar-refractivity contribution is 5.93. The molecule has 13 heavy (non-hydrogen) atoms. The zero-order chi connectivity index (χ0) is 9.31. The quantitative estimate of drug-likeness (QED) is 0.393. The van der Waals surface area contributed by atoms with Crippen LogP contribution in [0.4, 0.5) is 0 Å². The molecular formula is C8H10O5. The Morgan fingerprint density at radius 3 is 2.38 bits per heavy atom. The van der Waals surface area contributed by atoms with Crippen LogP contribution in [0.15, 0.2) is 0 Å². The summed E-state index contributed by atoms with van der Waals surface area (Å²) in [6.07, 6.45) is 0.979. The number of rotatable bonds is 0. The van der Waals surface area contributed by atoms with Crippen molar-refractivity contribution in [1.29, 1.82) is 0 Å². The fourth-order valence-corrected chi connectivity index (χ4v) is 1.53. The average Bonchev–Trinajstić information content (AvgIpc) is 2.02. The summed E-state index contributed by atoms with van der Waals surface area (Å²) in [4.78, 5) is 21.9. The summed E-state index contributed by atoms with van der Waals surface area (Å²) in [5.41, 5.74) is 0. The van der Waals surface area contributed by atoms with Gasteiger partial charge in [-0.15, -0.1) is 0 Å². The third-order valence-electron chi connectivity index (χ3n) is 2.06. The smallest absolute Gasteiger partial charge is 0.320 e. The van der Waals surface area contributed by atoms with Gasteiger partial charge in [-0.3, -0.25) is 9.59 Å². The Kier molecular flexibility index (Phi) is 1.95. The first-order chi connectivity index (χ1) is 6.20. The first-order valence-corrected chi connectivity index (χ1v) is 4.22. The summed E-state index contributed by atoms with van der Waals surface area (Å²) in [5.74, 6) is -2.17. The van der Waals surface area contributed by atoms with Gasteiger partial charge in [-0.05, 0) is 6.42 Å². The van der Waals surface area contributed by atoms with E-state index in [1.807, 2.05) is 0 Å². The number of carbonyl (C=O) groups excluding carboxylic acids is 2. The van der Waals surface area contributed by atoms with Crippen LogP contribution in [-0.2, 0) is 23.8 Å². The van der Waals surface area contributed by atoms with Gasteiger partial charge in [0.15, 0.2) is 0 Å². The topological polar surface area (TPSA) is 61.8 Å². The number of ether oxygens (including phenoxy) is 3. The molecule has 0 aromatic rings. The van der Waals surface area contributed by atoms with Crippen molar-refractivity contribution in [1.82, 2.24) is 0 Å². The average molecular weight is 186 g/mol. The van der Waals surface area contributed by atoms with Crippen molar-refractivity contribution in [2.45, 2.75) is 25.0 Å². The third-order valence-corrected chi connectivity index (χ3v) is 2.06. The second kappa shape index (κ2) is 2.99. The van der Waals surface area contributed by atoms with Gasteiger partial charge >= 0.3 is 11.9 Å². The van der Waals surface area contributed by atoms with Crippen LogP contribution < -0.4 is 0 Å². The fourth-order valence-electron chi connectivity index (χ4n) is 1.53. The number of carbonyl (C=O) groups is 2. The molecule has 0 aliphatic carbocycles. The molecule has 2 fully saturated rings. The van der Waals surface area contributed by atoms with Gasteiger partial charge in [-0.1, -0.05) is 0 Å². The Labute approximate surface area is 74.9 Å². The van der Waals surface area contributed by atoms with E-state index in [1.165, 1.54) is 0 Å². The molecule has 1 spiro atoms. The van der Waals surface area contributed by atoms with E-state index in [9.17, 15) is 9.59 Å². The van der Waals surface area contributed by atoms with Crippen LogP contribution in [0.25, 0.3) is 0 Å². The predicted octanol–water partition coefficient (Wildman–Crippen LogP) is -0.0168. The molecule has 0 amide bonds. The molecule has 5 heteroatoms. The molecule has 0 saturated carbocycles. The van der Waals surface area contributed by atoms with Crippen LogP contribution >= 0.6 is 0 Å². The van der Waals surface area contributed by atoms with E-state index in [2.05, 4.69) is 0 Å². The molecule has 0 atom stereocenters. The zero-order valence-corrected chi connectivity index (χ0v) is 7.08. The lowest BCUT2D eigenvalue weighted by Crippen LogP contribution is -2.50. The molecule has 5 nitrogen and oxygen atoms in total. The molecule has 2 saturated heterocycles. The summed E-state index contributed by atoms with van der Waals surface area (Å²) in [5, 5.41) is 0. The normalized spacial score (nSPS) is 26.8. The van der Waals surface area contributed by atoms with E-state index in [0.29, 0.717) is 13.0 Å². The summed E-state index contributed by atoms with van der Waals surface area (Å²) in [6, 6.07) is 0. The minimum atomic E-state index is -1.12. The molecule has 0 radical (unpaired) electrons. The SMILES string of the molecule is O=C1CC(=O)OC2(CCCOC2)O1. The van der Waals surface area contributed by atoms with Crippen LogP contribution in [0.2, 0.25) is 0 Å². The Morgan fingerprint density at radius 2 is 1.85 bits per heavy atom. The van der Waals surface area contributed by atoms with Crippen LogP contribution in [0, 0.1) is 0 Å². The van der Waals surface area contributed by atoms with E-state index in [-0.39, 0.29) is 13.0 Å². The number of hydrogen-bond donors (Lipinski definition) is 0. The second-order valence-corrected chi connectivity index (χ2v) is 3.19. The molecule has 0 bridgehead atoms. The van der Waals surface area contributed by atoms with Gasteiger partial charge in [0.1, 0.15) is 13.0 Å². The fraction of sp³-hybridized carbons (Fsp3) is 0.750. The highest BCUT2D eigenvalue weighted by atomic mass is 16.8. The first kappa shape index (κ1) is 8.50. The highest BCUT2D eigenvalue weighted by Crippen LogP contribution is 2.29. The predicted molar refractivity (Wildman–Crippen MR) is 39.6 cm³/mol. The summed E-state index contributed by atoms with van der Waals surface area (Å²) >= 11 is 0. The van der Waals surface area contributed by atoms with Gasteiger partial charge < -0.3 is 14.2 Å². The molecule has 2 aliphatic rings. The van der Waals surface area contributed by atoms with Crippen molar-refractivity contribution >= 4 is 11.9 Å². The van der Waals surface area contributed by atoms with E-state index < -0.39 is 17.7 Å². The minimum Gasteiger partial charge on any atom is -0.419 e. The van der Waals surface area contributed by atoms with Crippen LogP contribution in [0.1, 0.15) is 19.3 Å². The lowest BCUT2D eigenvalue weighted by molar-refractivity contribution is -0.271. The molecule has 0 aromatic heterocycles. The number of esters is 2. The lowest BCUT2D eigenvalue weighted by Gasteiger charge is -2.37. The molecule has 0 aromatic carbocycles. The van der Waals surface area contributed by atoms with E-state index in [1.54, 1.807) is 0 Å². The van der Waals surface area contributed by atoms with E-state index in [0.717, 1.165) is 6.42 Å². The van der Waals surface area contributed by atoms with Gasteiger partial charge in [-0.25, -0.2) is 0 Å². The number of hydrogen-bond acceptors (Lipinski definition) is 5. The Balaban J connectivity index is 2.11. The zero-order valence-electron chi connectivity index (χ0n) is 7.08. The standard InChI is InChI=1S/C8H10O5/c9-6-4-7(10)13-8(12-6)2-1-3-11-5-8/h1-5H2. The molecule has 2 heterocycles.